The van der Waals surface area contributed by atoms with Crippen LogP contribution in [-0.2, 0) is 12.3 Å². The molecule has 1 rings (SSSR count). The molecule has 1 unspecified atom stereocenters. The van der Waals surface area contributed by atoms with Crippen LogP contribution in [0.5, 0.6) is 0 Å². The first kappa shape index (κ1) is 12.5. The fourth-order valence-corrected chi connectivity index (χ4v) is 2.23. The smallest absolute Gasteiger partial charge is 0.138 e. The topological polar surface area (TPSA) is 50.9 Å². The normalized spacial score (nSPS) is 13.0. The molecule has 0 saturated heterocycles. The number of aryl methyl sites for hydroxylation is 1. The van der Waals surface area contributed by atoms with Gasteiger partial charge in [-0.2, -0.15) is 16.9 Å². The van der Waals surface area contributed by atoms with E-state index in [0.717, 1.165) is 30.3 Å². The maximum Gasteiger partial charge on any atom is 0.138 e. The van der Waals surface area contributed by atoms with Crippen molar-refractivity contribution in [1.29, 1.82) is 0 Å². The monoisotopic (exact) mass is 229 g/mol. The van der Waals surface area contributed by atoms with Gasteiger partial charge in [0.15, 0.2) is 0 Å². The highest BCUT2D eigenvalue weighted by atomic mass is 32.2. The molecule has 0 aliphatic heterocycles. The molecule has 86 valence electrons. The number of aromatic nitrogens is 3. The average molecular weight is 229 g/mol. The van der Waals surface area contributed by atoms with Gasteiger partial charge >= 0.3 is 0 Å². The molecule has 1 aromatic heterocycles. The second-order valence-corrected chi connectivity index (χ2v) is 4.73. The lowest BCUT2D eigenvalue weighted by molar-refractivity contribution is 0.250. The van der Waals surface area contributed by atoms with Crippen molar-refractivity contribution >= 4 is 11.8 Å². The molecule has 0 aliphatic rings. The van der Waals surface area contributed by atoms with Crippen molar-refractivity contribution in [1.82, 2.24) is 14.8 Å². The summed E-state index contributed by atoms with van der Waals surface area (Å²) in [6, 6.07) is 0. The van der Waals surface area contributed by atoms with Gasteiger partial charge in [-0.25, -0.2) is 9.67 Å². The highest BCUT2D eigenvalue weighted by molar-refractivity contribution is 7.98. The number of rotatable bonds is 7. The Morgan fingerprint density at radius 1 is 1.60 bits per heavy atom. The van der Waals surface area contributed by atoms with E-state index in [9.17, 15) is 0 Å². The van der Waals surface area contributed by atoms with Crippen LogP contribution in [-0.4, -0.2) is 32.2 Å². The van der Waals surface area contributed by atoms with Gasteiger partial charge < -0.3 is 5.11 Å². The Labute approximate surface area is 95.1 Å². The minimum Gasteiger partial charge on any atom is -0.396 e. The van der Waals surface area contributed by atoms with Crippen LogP contribution in [0, 0.1) is 5.92 Å². The standard InChI is InChI=1S/C10H19N3OS/c1-3-4-13-10(11-8-12-13)7-15-6-9(2)5-14/h8-9,14H,3-7H2,1-2H3. The van der Waals surface area contributed by atoms with Crippen LogP contribution in [0.15, 0.2) is 6.33 Å². The molecule has 0 saturated carbocycles. The number of aliphatic hydroxyl groups excluding tert-OH is 1. The van der Waals surface area contributed by atoms with E-state index < -0.39 is 0 Å². The lowest BCUT2D eigenvalue weighted by Gasteiger charge is -2.07. The van der Waals surface area contributed by atoms with Crippen molar-refractivity contribution in [2.45, 2.75) is 32.6 Å². The molecule has 5 heteroatoms. The second kappa shape index (κ2) is 6.85. The van der Waals surface area contributed by atoms with Gasteiger partial charge in [0.25, 0.3) is 0 Å². The molecule has 1 atom stereocenters. The van der Waals surface area contributed by atoms with E-state index in [-0.39, 0.29) is 6.61 Å². The molecule has 1 heterocycles. The van der Waals surface area contributed by atoms with E-state index in [0.29, 0.717) is 5.92 Å². The summed E-state index contributed by atoms with van der Waals surface area (Å²) in [7, 11) is 0. The van der Waals surface area contributed by atoms with Crippen LogP contribution in [0.4, 0.5) is 0 Å². The van der Waals surface area contributed by atoms with Gasteiger partial charge in [0.05, 0.1) is 5.75 Å². The third-order valence-corrected chi connectivity index (χ3v) is 3.34. The van der Waals surface area contributed by atoms with Crippen molar-refractivity contribution in [2.75, 3.05) is 12.4 Å². The first-order chi connectivity index (χ1) is 7.27. The minimum absolute atomic E-state index is 0.259. The second-order valence-electron chi connectivity index (χ2n) is 3.70. The highest BCUT2D eigenvalue weighted by Crippen LogP contribution is 2.13. The zero-order valence-electron chi connectivity index (χ0n) is 9.39. The Morgan fingerprint density at radius 3 is 3.07 bits per heavy atom. The first-order valence-electron chi connectivity index (χ1n) is 5.33. The van der Waals surface area contributed by atoms with Gasteiger partial charge in [0, 0.05) is 13.2 Å². The lowest BCUT2D eigenvalue weighted by atomic mass is 10.2. The van der Waals surface area contributed by atoms with E-state index in [4.69, 9.17) is 5.11 Å². The van der Waals surface area contributed by atoms with Crippen LogP contribution < -0.4 is 0 Å². The van der Waals surface area contributed by atoms with E-state index in [1.165, 1.54) is 0 Å². The number of hydrogen-bond donors (Lipinski definition) is 1. The number of nitrogens with zero attached hydrogens (tertiary/aromatic N) is 3. The molecule has 1 aromatic rings. The zero-order chi connectivity index (χ0) is 11.1. The van der Waals surface area contributed by atoms with Crippen molar-refractivity contribution in [2.24, 2.45) is 5.92 Å². The summed E-state index contributed by atoms with van der Waals surface area (Å²) < 4.78 is 1.95. The average Bonchev–Trinajstić information content (AvgIpc) is 2.66. The zero-order valence-corrected chi connectivity index (χ0v) is 10.2. The van der Waals surface area contributed by atoms with E-state index >= 15 is 0 Å². The summed E-state index contributed by atoms with van der Waals surface area (Å²) in [5.41, 5.74) is 0. The molecule has 15 heavy (non-hydrogen) atoms. The summed E-state index contributed by atoms with van der Waals surface area (Å²) >= 11 is 1.80. The SMILES string of the molecule is CCCn1ncnc1CSCC(C)CO. The Hall–Kier alpha value is -0.550. The third kappa shape index (κ3) is 4.22. The van der Waals surface area contributed by atoms with Gasteiger partial charge in [-0.1, -0.05) is 13.8 Å². The minimum atomic E-state index is 0.259. The lowest BCUT2D eigenvalue weighted by Crippen LogP contribution is -2.07. The van der Waals surface area contributed by atoms with Crippen LogP contribution in [0.25, 0.3) is 0 Å². The van der Waals surface area contributed by atoms with Crippen LogP contribution in [0.3, 0.4) is 0 Å². The highest BCUT2D eigenvalue weighted by Gasteiger charge is 2.05. The molecule has 0 radical (unpaired) electrons. The Kier molecular flexibility index (Phi) is 5.71. The van der Waals surface area contributed by atoms with Crippen molar-refractivity contribution in [3.8, 4) is 0 Å². The van der Waals surface area contributed by atoms with Gasteiger partial charge in [-0.3, -0.25) is 0 Å². The Bertz CT molecular complexity index is 277. The largest absolute Gasteiger partial charge is 0.396 e. The summed E-state index contributed by atoms with van der Waals surface area (Å²) in [6.07, 6.45) is 2.69. The molecule has 0 aliphatic carbocycles. The first-order valence-corrected chi connectivity index (χ1v) is 6.48. The summed E-state index contributed by atoms with van der Waals surface area (Å²) in [5.74, 6) is 3.24. The van der Waals surface area contributed by atoms with Crippen molar-refractivity contribution in [3.63, 3.8) is 0 Å². The number of hydrogen-bond acceptors (Lipinski definition) is 4. The van der Waals surface area contributed by atoms with Crippen molar-refractivity contribution in [3.05, 3.63) is 12.2 Å². The van der Waals surface area contributed by atoms with Gasteiger partial charge in [-0.15, -0.1) is 0 Å². The predicted molar refractivity (Wildman–Crippen MR) is 62.7 cm³/mol. The number of thioether (sulfide) groups is 1. The Balaban J connectivity index is 2.33. The van der Waals surface area contributed by atoms with Gasteiger partial charge in [0.1, 0.15) is 12.2 Å². The molecule has 0 aromatic carbocycles. The molecule has 0 bridgehead atoms. The summed E-state index contributed by atoms with van der Waals surface area (Å²) in [5, 5.41) is 13.1. The molecular formula is C10H19N3OS. The molecule has 0 spiro atoms. The summed E-state index contributed by atoms with van der Waals surface area (Å²) in [4.78, 5) is 4.23. The Morgan fingerprint density at radius 2 is 2.40 bits per heavy atom. The van der Waals surface area contributed by atoms with Crippen LogP contribution in [0.1, 0.15) is 26.1 Å². The fourth-order valence-electron chi connectivity index (χ4n) is 1.20. The molecule has 0 amide bonds. The molecule has 4 nitrogen and oxygen atoms in total. The third-order valence-electron chi connectivity index (χ3n) is 2.08. The van der Waals surface area contributed by atoms with E-state index in [1.54, 1.807) is 18.1 Å². The van der Waals surface area contributed by atoms with Gasteiger partial charge in [-0.05, 0) is 18.1 Å². The maximum atomic E-state index is 8.88. The molecular weight excluding hydrogens is 210 g/mol. The van der Waals surface area contributed by atoms with Crippen molar-refractivity contribution < 1.29 is 5.11 Å². The predicted octanol–water partition coefficient (Wildman–Crippen LogP) is 1.55. The van der Waals surface area contributed by atoms with Gasteiger partial charge in [0.2, 0.25) is 0 Å². The van der Waals surface area contributed by atoms with E-state index in [1.807, 2.05) is 11.6 Å². The van der Waals surface area contributed by atoms with E-state index in [2.05, 4.69) is 17.0 Å². The van der Waals surface area contributed by atoms with Crippen LogP contribution in [0.2, 0.25) is 0 Å². The summed E-state index contributed by atoms with van der Waals surface area (Å²) in [6.45, 7) is 5.37. The molecule has 1 N–H and O–H groups in total. The van der Waals surface area contributed by atoms with Crippen LogP contribution >= 0.6 is 11.8 Å². The number of aliphatic hydroxyl groups is 1. The molecule has 0 fully saturated rings. The fraction of sp³-hybridized carbons (Fsp3) is 0.800. The quantitative estimate of drug-likeness (QED) is 0.770. The maximum absolute atomic E-state index is 8.88.